The largest absolute Gasteiger partial charge is 0.497 e. The summed E-state index contributed by atoms with van der Waals surface area (Å²) in [5.41, 5.74) is 0. The van der Waals surface area contributed by atoms with E-state index in [0.29, 0.717) is 6.04 Å². The number of thiophene rings is 1. The van der Waals surface area contributed by atoms with E-state index >= 15 is 0 Å². The summed E-state index contributed by atoms with van der Waals surface area (Å²) < 4.78 is 5.78. The van der Waals surface area contributed by atoms with E-state index in [9.17, 15) is 0 Å². The topological polar surface area (TPSA) is 21.3 Å². The van der Waals surface area contributed by atoms with E-state index in [1.807, 2.05) is 11.3 Å². The maximum Gasteiger partial charge on any atom is 0.109 e. The number of hydrogen-bond acceptors (Lipinski definition) is 3. The second-order valence-corrected chi connectivity index (χ2v) is 5.71. The average molecular weight is 265 g/mol. The highest BCUT2D eigenvalue weighted by Gasteiger charge is 2.16. The summed E-state index contributed by atoms with van der Waals surface area (Å²) in [6.45, 7) is 4.05. The fourth-order valence-corrected chi connectivity index (χ4v) is 3.10. The molecule has 0 saturated heterocycles. The van der Waals surface area contributed by atoms with Crippen molar-refractivity contribution in [1.82, 2.24) is 5.32 Å². The second-order valence-electron chi connectivity index (χ2n) is 4.68. The zero-order valence-electron chi connectivity index (χ0n) is 11.2. The SMILES string of the molecule is CCNC(CCCc1cccs1)C1=CCCCO1. The molecule has 0 fully saturated rings. The highest BCUT2D eigenvalue weighted by Crippen LogP contribution is 2.19. The molecule has 1 N–H and O–H groups in total. The van der Waals surface area contributed by atoms with Gasteiger partial charge in [-0.15, -0.1) is 11.3 Å². The van der Waals surface area contributed by atoms with E-state index < -0.39 is 0 Å². The van der Waals surface area contributed by atoms with Crippen molar-refractivity contribution in [2.24, 2.45) is 0 Å². The van der Waals surface area contributed by atoms with Crippen molar-refractivity contribution in [1.29, 1.82) is 0 Å². The van der Waals surface area contributed by atoms with Crippen LogP contribution in [0, 0.1) is 0 Å². The lowest BCUT2D eigenvalue weighted by atomic mass is 10.0. The summed E-state index contributed by atoms with van der Waals surface area (Å²) in [5.74, 6) is 1.18. The molecule has 0 saturated carbocycles. The summed E-state index contributed by atoms with van der Waals surface area (Å²) >= 11 is 1.86. The van der Waals surface area contributed by atoms with Crippen molar-refractivity contribution in [2.75, 3.05) is 13.2 Å². The molecule has 0 bridgehead atoms. The van der Waals surface area contributed by atoms with Crippen LogP contribution in [-0.2, 0) is 11.2 Å². The first-order chi connectivity index (χ1) is 8.90. The van der Waals surface area contributed by atoms with Crippen LogP contribution < -0.4 is 5.32 Å². The minimum absolute atomic E-state index is 0.412. The van der Waals surface area contributed by atoms with Crippen molar-refractivity contribution >= 4 is 11.3 Å². The monoisotopic (exact) mass is 265 g/mol. The van der Waals surface area contributed by atoms with Crippen molar-refractivity contribution in [3.63, 3.8) is 0 Å². The lowest BCUT2D eigenvalue weighted by Crippen LogP contribution is -2.32. The number of likely N-dealkylation sites (N-methyl/N-ethyl adjacent to an activating group) is 1. The Balaban J connectivity index is 1.80. The Hall–Kier alpha value is -0.800. The van der Waals surface area contributed by atoms with Crippen LogP contribution in [0.2, 0.25) is 0 Å². The van der Waals surface area contributed by atoms with Crippen molar-refractivity contribution in [3.05, 3.63) is 34.2 Å². The van der Waals surface area contributed by atoms with Gasteiger partial charge in [0.25, 0.3) is 0 Å². The molecule has 1 aliphatic heterocycles. The number of rotatable bonds is 7. The lowest BCUT2D eigenvalue weighted by molar-refractivity contribution is 0.165. The van der Waals surface area contributed by atoms with Gasteiger partial charge < -0.3 is 10.1 Å². The minimum Gasteiger partial charge on any atom is -0.497 e. The Labute approximate surface area is 114 Å². The van der Waals surface area contributed by atoms with E-state index in [0.717, 1.165) is 26.0 Å². The van der Waals surface area contributed by atoms with Crippen LogP contribution in [0.25, 0.3) is 0 Å². The Kier molecular flexibility index (Phi) is 5.75. The quantitative estimate of drug-likeness (QED) is 0.811. The first-order valence-corrected chi connectivity index (χ1v) is 7.86. The highest BCUT2D eigenvalue weighted by atomic mass is 32.1. The van der Waals surface area contributed by atoms with Crippen LogP contribution in [0.4, 0.5) is 0 Å². The molecule has 2 rings (SSSR count). The van der Waals surface area contributed by atoms with Crippen LogP contribution in [0.3, 0.4) is 0 Å². The van der Waals surface area contributed by atoms with Gasteiger partial charge in [0, 0.05) is 4.88 Å². The van der Waals surface area contributed by atoms with E-state index in [4.69, 9.17) is 4.74 Å². The third-order valence-corrected chi connectivity index (χ3v) is 4.19. The van der Waals surface area contributed by atoms with Crippen molar-refractivity contribution in [3.8, 4) is 0 Å². The summed E-state index contributed by atoms with van der Waals surface area (Å²) in [6, 6.07) is 4.77. The molecule has 0 aliphatic carbocycles. The van der Waals surface area contributed by atoms with Gasteiger partial charge in [-0.3, -0.25) is 0 Å². The first-order valence-electron chi connectivity index (χ1n) is 6.98. The third kappa shape index (κ3) is 4.14. The smallest absolute Gasteiger partial charge is 0.109 e. The molecule has 1 unspecified atom stereocenters. The number of ether oxygens (including phenoxy) is 1. The first kappa shape index (κ1) is 13.6. The number of allylic oxidation sites excluding steroid dienone is 1. The van der Waals surface area contributed by atoms with E-state index in [1.165, 1.54) is 29.9 Å². The second kappa shape index (κ2) is 7.59. The number of nitrogens with one attached hydrogen (secondary N) is 1. The Morgan fingerprint density at radius 2 is 2.44 bits per heavy atom. The molecule has 0 aromatic carbocycles. The molecule has 0 spiro atoms. The van der Waals surface area contributed by atoms with Gasteiger partial charge in [-0.1, -0.05) is 13.0 Å². The predicted octanol–water partition coefficient (Wildman–Crippen LogP) is 3.74. The Morgan fingerprint density at radius 3 is 3.11 bits per heavy atom. The summed E-state index contributed by atoms with van der Waals surface area (Å²) in [7, 11) is 0. The predicted molar refractivity (Wildman–Crippen MR) is 78.0 cm³/mol. The van der Waals surface area contributed by atoms with Crippen LogP contribution >= 0.6 is 11.3 Å². The maximum atomic E-state index is 5.78. The van der Waals surface area contributed by atoms with Gasteiger partial charge in [-0.25, -0.2) is 0 Å². The summed E-state index contributed by atoms with van der Waals surface area (Å²) in [6.07, 6.45) is 8.17. The lowest BCUT2D eigenvalue weighted by Gasteiger charge is -2.24. The van der Waals surface area contributed by atoms with Gasteiger partial charge in [0.2, 0.25) is 0 Å². The molecular formula is C15H23NOS. The molecule has 1 aromatic rings. The molecule has 18 heavy (non-hydrogen) atoms. The van der Waals surface area contributed by atoms with Crippen LogP contribution in [0.15, 0.2) is 29.3 Å². The summed E-state index contributed by atoms with van der Waals surface area (Å²) in [5, 5.41) is 5.70. The Morgan fingerprint density at radius 1 is 1.50 bits per heavy atom. The molecule has 0 amide bonds. The summed E-state index contributed by atoms with van der Waals surface area (Å²) in [4.78, 5) is 1.49. The average Bonchev–Trinajstić information content (AvgIpc) is 2.92. The molecule has 0 radical (unpaired) electrons. The van der Waals surface area contributed by atoms with Gasteiger partial charge in [-0.05, 0) is 56.2 Å². The fraction of sp³-hybridized carbons (Fsp3) is 0.600. The molecule has 1 atom stereocenters. The van der Waals surface area contributed by atoms with Crippen molar-refractivity contribution in [2.45, 2.75) is 45.1 Å². The van der Waals surface area contributed by atoms with Gasteiger partial charge in [0.1, 0.15) is 5.76 Å². The van der Waals surface area contributed by atoms with E-state index in [-0.39, 0.29) is 0 Å². The molecular weight excluding hydrogens is 242 g/mol. The van der Waals surface area contributed by atoms with Gasteiger partial charge >= 0.3 is 0 Å². The number of aryl methyl sites for hydroxylation is 1. The van der Waals surface area contributed by atoms with Gasteiger partial charge in [0.05, 0.1) is 12.6 Å². The zero-order chi connectivity index (χ0) is 12.6. The molecule has 1 aliphatic rings. The van der Waals surface area contributed by atoms with Crippen LogP contribution in [0.5, 0.6) is 0 Å². The molecule has 3 heteroatoms. The third-order valence-electron chi connectivity index (χ3n) is 3.25. The zero-order valence-corrected chi connectivity index (χ0v) is 12.0. The molecule has 100 valence electrons. The fourth-order valence-electron chi connectivity index (χ4n) is 2.35. The number of hydrogen-bond donors (Lipinski definition) is 1. The van der Waals surface area contributed by atoms with Crippen LogP contribution in [-0.4, -0.2) is 19.2 Å². The minimum atomic E-state index is 0.412. The van der Waals surface area contributed by atoms with Crippen LogP contribution in [0.1, 0.15) is 37.5 Å². The van der Waals surface area contributed by atoms with Gasteiger partial charge in [-0.2, -0.15) is 0 Å². The maximum absolute atomic E-state index is 5.78. The highest BCUT2D eigenvalue weighted by molar-refractivity contribution is 7.09. The molecule has 1 aromatic heterocycles. The molecule has 2 nitrogen and oxygen atoms in total. The normalized spacial score (nSPS) is 17.1. The molecule has 2 heterocycles. The van der Waals surface area contributed by atoms with E-state index in [1.54, 1.807) is 0 Å². The van der Waals surface area contributed by atoms with E-state index in [2.05, 4.69) is 35.8 Å². The Bertz CT molecular complexity index is 359. The standard InChI is InChI=1S/C15H23NOS/c1-2-16-14(15-10-3-4-11-17-15)9-5-7-13-8-6-12-18-13/h6,8,10,12,14,16H,2-5,7,9,11H2,1H3. The van der Waals surface area contributed by atoms with Crippen molar-refractivity contribution < 1.29 is 4.74 Å². The van der Waals surface area contributed by atoms with Gasteiger partial charge in [0.15, 0.2) is 0 Å².